The maximum absolute atomic E-state index is 5.49. The van der Waals surface area contributed by atoms with Crippen LogP contribution in [0.5, 0.6) is 5.75 Å². The van der Waals surface area contributed by atoms with Crippen molar-refractivity contribution in [2.75, 3.05) is 6.61 Å². The van der Waals surface area contributed by atoms with Crippen LogP contribution in [0.3, 0.4) is 0 Å². The monoisotopic (exact) mass is 226 g/mol. The maximum atomic E-state index is 5.49. The number of aromatic nitrogens is 2. The van der Waals surface area contributed by atoms with Crippen molar-refractivity contribution in [3.8, 4) is 29.2 Å². The van der Waals surface area contributed by atoms with Crippen molar-refractivity contribution < 1.29 is 4.74 Å². The maximum Gasteiger partial charge on any atom is 0.121 e. The van der Waals surface area contributed by atoms with Gasteiger partial charge in [-0.05, 0) is 30.7 Å². The largest absolute Gasteiger partial charge is 0.494 e. The Morgan fingerprint density at radius 1 is 1.35 bits per heavy atom. The highest BCUT2D eigenvalue weighted by molar-refractivity contribution is 5.66. The van der Waals surface area contributed by atoms with Crippen LogP contribution in [0.4, 0.5) is 0 Å². The normalized spacial score (nSPS) is 9.94. The average molecular weight is 226 g/mol. The Balaban J connectivity index is 2.46. The summed E-state index contributed by atoms with van der Waals surface area (Å²) in [5, 5.41) is 4.15. The molecule has 0 fully saturated rings. The number of nitrogens with zero attached hydrogens (tertiary/aromatic N) is 2. The van der Waals surface area contributed by atoms with Crippen LogP contribution in [0.15, 0.2) is 30.6 Å². The van der Waals surface area contributed by atoms with E-state index in [-0.39, 0.29) is 0 Å². The van der Waals surface area contributed by atoms with Crippen LogP contribution in [-0.4, -0.2) is 16.4 Å². The Labute approximate surface area is 101 Å². The van der Waals surface area contributed by atoms with Gasteiger partial charge < -0.3 is 4.74 Å². The summed E-state index contributed by atoms with van der Waals surface area (Å²) >= 11 is 0. The van der Waals surface area contributed by atoms with Gasteiger partial charge in [0.2, 0.25) is 0 Å². The van der Waals surface area contributed by atoms with Gasteiger partial charge in [0.05, 0.1) is 12.8 Å². The molecule has 0 aliphatic rings. The van der Waals surface area contributed by atoms with Gasteiger partial charge in [-0.1, -0.05) is 5.92 Å². The molecule has 1 aromatic carbocycles. The fourth-order valence-electron chi connectivity index (χ4n) is 1.67. The zero-order valence-electron chi connectivity index (χ0n) is 9.97. The summed E-state index contributed by atoms with van der Waals surface area (Å²) in [5.74, 6) is 3.43. The Morgan fingerprint density at radius 2 is 2.18 bits per heavy atom. The Kier molecular flexibility index (Phi) is 3.15. The fourth-order valence-corrected chi connectivity index (χ4v) is 1.67. The Hall–Kier alpha value is -2.21. The lowest BCUT2D eigenvalue weighted by Gasteiger charge is -2.06. The third-order valence-electron chi connectivity index (χ3n) is 2.42. The first-order chi connectivity index (χ1) is 8.22. The highest BCUT2D eigenvalue weighted by Gasteiger charge is 2.04. The molecule has 17 heavy (non-hydrogen) atoms. The van der Waals surface area contributed by atoms with Gasteiger partial charge in [0.1, 0.15) is 5.75 Å². The smallest absolute Gasteiger partial charge is 0.121 e. The number of hydrogen-bond donors (Lipinski definition) is 0. The molecule has 1 aromatic heterocycles. The van der Waals surface area contributed by atoms with Crippen LogP contribution < -0.4 is 4.74 Å². The molecule has 0 radical (unpaired) electrons. The summed E-state index contributed by atoms with van der Waals surface area (Å²) in [5.41, 5.74) is 2.87. The van der Waals surface area contributed by atoms with E-state index in [1.165, 1.54) is 0 Å². The van der Waals surface area contributed by atoms with E-state index in [1.54, 1.807) is 4.68 Å². The fraction of sp³-hybridized carbons (Fsp3) is 0.214. The lowest BCUT2D eigenvalue weighted by atomic mass is 10.1. The van der Waals surface area contributed by atoms with E-state index < -0.39 is 0 Å². The van der Waals surface area contributed by atoms with Crippen molar-refractivity contribution in [3.63, 3.8) is 0 Å². The molecule has 2 rings (SSSR count). The molecule has 1 heterocycles. The lowest BCUT2D eigenvalue weighted by Crippen LogP contribution is -1.92. The molecule has 0 saturated heterocycles. The number of ether oxygens (including phenoxy) is 1. The van der Waals surface area contributed by atoms with E-state index in [4.69, 9.17) is 11.2 Å². The quantitative estimate of drug-likeness (QED) is 0.752. The first kappa shape index (κ1) is 11.3. The van der Waals surface area contributed by atoms with E-state index in [0.29, 0.717) is 6.61 Å². The van der Waals surface area contributed by atoms with Crippen LogP contribution in [0.1, 0.15) is 12.5 Å². The van der Waals surface area contributed by atoms with Gasteiger partial charge in [0.25, 0.3) is 0 Å². The summed E-state index contributed by atoms with van der Waals surface area (Å²) < 4.78 is 7.26. The van der Waals surface area contributed by atoms with E-state index in [2.05, 4.69) is 11.0 Å². The number of benzene rings is 1. The second-order valence-corrected chi connectivity index (χ2v) is 3.73. The predicted octanol–water partition coefficient (Wildman–Crippen LogP) is 2.47. The standard InChI is InChI=1S/C14H14N2O/c1-4-11-6-12(8-14(7-11)17-5-2)13-9-15-16(3)10-13/h1,6-10H,5H2,2-3H3. The summed E-state index contributed by atoms with van der Waals surface area (Å²) in [7, 11) is 1.89. The molecule has 0 aliphatic carbocycles. The van der Waals surface area contributed by atoms with Crippen molar-refractivity contribution in [2.24, 2.45) is 7.05 Å². The van der Waals surface area contributed by atoms with Crippen molar-refractivity contribution in [3.05, 3.63) is 36.2 Å². The molecule has 0 unspecified atom stereocenters. The molecule has 0 aliphatic heterocycles. The van der Waals surface area contributed by atoms with Crippen molar-refractivity contribution >= 4 is 0 Å². The van der Waals surface area contributed by atoms with Crippen molar-refractivity contribution in [1.29, 1.82) is 0 Å². The van der Waals surface area contributed by atoms with Gasteiger partial charge in [-0.15, -0.1) is 6.42 Å². The van der Waals surface area contributed by atoms with Crippen LogP contribution in [0, 0.1) is 12.3 Å². The van der Waals surface area contributed by atoms with Gasteiger partial charge in [-0.3, -0.25) is 4.68 Å². The Morgan fingerprint density at radius 3 is 2.76 bits per heavy atom. The van der Waals surface area contributed by atoms with Crippen LogP contribution in [-0.2, 0) is 7.05 Å². The van der Waals surface area contributed by atoms with E-state index in [0.717, 1.165) is 22.4 Å². The van der Waals surface area contributed by atoms with E-state index in [1.807, 2.05) is 44.6 Å². The topological polar surface area (TPSA) is 27.1 Å². The first-order valence-corrected chi connectivity index (χ1v) is 5.46. The van der Waals surface area contributed by atoms with Crippen LogP contribution in [0.2, 0.25) is 0 Å². The minimum absolute atomic E-state index is 0.626. The SMILES string of the molecule is C#Cc1cc(OCC)cc(-c2cnn(C)c2)c1. The third kappa shape index (κ3) is 2.48. The van der Waals surface area contributed by atoms with Gasteiger partial charge >= 0.3 is 0 Å². The molecule has 0 saturated carbocycles. The summed E-state index contributed by atoms with van der Waals surface area (Å²) in [6, 6.07) is 5.80. The molecule has 2 aromatic rings. The summed E-state index contributed by atoms with van der Waals surface area (Å²) in [4.78, 5) is 0. The van der Waals surface area contributed by atoms with Gasteiger partial charge in [-0.25, -0.2) is 0 Å². The molecule has 0 amide bonds. The van der Waals surface area contributed by atoms with Gasteiger partial charge in [0, 0.05) is 24.4 Å². The van der Waals surface area contributed by atoms with Crippen molar-refractivity contribution in [1.82, 2.24) is 9.78 Å². The summed E-state index contributed by atoms with van der Waals surface area (Å²) in [6.07, 6.45) is 9.20. The second kappa shape index (κ2) is 4.75. The van der Waals surface area contributed by atoms with Crippen molar-refractivity contribution in [2.45, 2.75) is 6.92 Å². The number of terminal acetylenes is 1. The van der Waals surface area contributed by atoms with Crippen LogP contribution >= 0.6 is 0 Å². The second-order valence-electron chi connectivity index (χ2n) is 3.73. The number of hydrogen-bond acceptors (Lipinski definition) is 2. The molecule has 3 heteroatoms. The molecule has 3 nitrogen and oxygen atoms in total. The predicted molar refractivity (Wildman–Crippen MR) is 67.7 cm³/mol. The Bertz CT molecular complexity index is 564. The van der Waals surface area contributed by atoms with E-state index >= 15 is 0 Å². The first-order valence-electron chi connectivity index (χ1n) is 5.46. The van der Waals surface area contributed by atoms with E-state index in [9.17, 15) is 0 Å². The number of rotatable bonds is 3. The minimum Gasteiger partial charge on any atom is -0.494 e. The molecule has 0 spiro atoms. The molecular formula is C14H14N2O. The van der Waals surface area contributed by atoms with Gasteiger partial charge in [0.15, 0.2) is 0 Å². The molecule has 86 valence electrons. The zero-order valence-corrected chi connectivity index (χ0v) is 9.97. The summed E-state index contributed by atoms with van der Waals surface area (Å²) in [6.45, 7) is 2.58. The lowest BCUT2D eigenvalue weighted by molar-refractivity contribution is 0.340. The molecule has 0 bridgehead atoms. The third-order valence-corrected chi connectivity index (χ3v) is 2.42. The number of aryl methyl sites for hydroxylation is 1. The molecular weight excluding hydrogens is 212 g/mol. The minimum atomic E-state index is 0.626. The highest BCUT2D eigenvalue weighted by atomic mass is 16.5. The zero-order chi connectivity index (χ0) is 12.3. The van der Waals surface area contributed by atoms with Crippen LogP contribution in [0.25, 0.3) is 11.1 Å². The molecule has 0 atom stereocenters. The highest BCUT2D eigenvalue weighted by Crippen LogP contribution is 2.25. The van der Waals surface area contributed by atoms with Gasteiger partial charge in [-0.2, -0.15) is 5.10 Å². The average Bonchev–Trinajstić information content (AvgIpc) is 2.76. The molecule has 0 N–H and O–H groups in total.